The molecule has 3 aromatic rings. The van der Waals surface area contributed by atoms with Crippen molar-refractivity contribution < 1.29 is 4.74 Å². The van der Waals surface area contributed by atoms with E-state index in [1.165, 1.54) is 0 Å². The summed E-state index contributed by atoms with van der Waals surface area (Å²) in [5.41, 5.74) is 3.48. The first-order valence-electron chi connectivity index (χ1n) is 8.58. The second-order valence-corrected chi connectivity index (χ2v) is 6.95. The van der Waals surface area contributed by atoms with Crippen LogP contribution >= 0.6 is 11.6 Å². The molecule has 1 aliphatic heterocycles. The maximum absolute atomic E-state index is 12.8. The largest absolute Gasteiger partial charge is 0.381 e. The summed E-state index contributed by atoms with van der Waals surface area (Å²) >= 11 is 5.92. The SMILES string of the molecule is Cc1cc(Cl)ncc1Nc1cc2c(cn1)n(C)c(=O)n2C1CCOCC1. The number of pyridine rings is 2. The molecule has 0 amide bonds. The van der Waals surface area contributed by atoms with Gasteiger partial charge in [0.25, 0.3) is 0 Å². The van der Waals surface area contributed by atoms with E-state index in [4.69, 9.17) is 16.3 Å². The Bertz CT molecular complexity index is 1020. The van der Waals surface area contributed by atoms with Crippen LogP contribution in [0.3, 0.4) is 0 Å². The van der Waals surface area contributed by atoms with Gasteiger partial charge in [0.2, 0.25) is 0 Å². The van der Waals surface area contributed by atoms with E-state index in [0.29, 0.717) is 24.2 Å². The predicted octanol–water partition coefficient (Wildman–Crippen LogP) is 3.19. The number of nitrogens with zero attached hydrogens (tertiary/aromatic N) is 4. The van der Waals surface area contributed by atoms with Crippen LogP contribution in [-0.2, 0) is 11.8 Å². The molecule has 0 atom stereocenters. The van der Waals surface area contributed by atoms with Crippen LogP contribution in [0.5, 0.6) is 0 Å². The molecule has 3 aromatic heterocycles. The van der Waals surface area contributed by atoms with E-state index < -0.39 is 0 Å². The molecule has 1 fully saturated rings. The van der Waals surface area contributed by atoms with Crippen LogP contribution in [0, 0.1) is 6.92 Å². The highest BCUT2D eigenvalue weighted by molar-refractivity contribution is 6.29. The highest BCUT2D eigenvalue weighted by Gasteiger charge is 2.22. The van der Waals surface area contributed by atoms with E-state index in [0.717, 1.165) is 35.1 Å². The van der Waals surface area contributed by atoms with Gasteiger partial charge in [-0.15, -0.1) is 0 Å². The van der Waals surface area contributed by atoms with E-state index in [1.807, 2.05) is 17.6 Å². The Morgan fingerprint density at radius 3 is 2.69 bits per heavy atom. The van der Waals surface area contributed by atoms with E-state index in [9.17, 15) is 4.79 Å². The zero-order chi connectivity index (χ0) is 18.3. The van der Waals surface area contributed by atoms with Crippen molar-refractivity contribution in [1.82, 2.24) is 19.1 Å². The number of anilines is 2. The minimum Gasteiger partial charge on any atom is -0.381 e. The lowest BCUT2D eigenvalue weighted by atomic mass is 10.1. The molecule has 0 radical (unpaired) electrons. The molecule has 4 heterocycles. The van der Waals surface area contributed by atoms with E-state index in [1.54, 1.807) is 30.1 Å². The normalized spacial score (nSPS) is 15.5. The summed E-state index contributed by atoms with van der Waals surface area (Å²) in [6.45, 7) is 3.31. The van der Waals surface area contributed by atoms with Crippen molar-refractivity contribution in [2.75, 3.05) is 18.5 Å². The van der Waals surface area contributed by atoms with Crippen LogP contribution in [0.15, 0.2) is 29.3 Å². The number of nitrogens with one attached hydrogen (secondary N) is 1. The molecular formula is C18H20ClN5O2. The number of halogens is 1. The van der Waals surface area contributed by atoms with Gasteiger partial charge in [0.15, 0.2) is 0 Å². The molecule has 0 aliphatic carbocycles. The number of imidazole rings is 1. The van der Waals surface area contributed by atoms with Crippen molar-refractivity contribution in [3.8, 4) is 0 Å². The molecule has 7 nitrogen and oxygen atoms in total. The Kier molecular flexibility index (Phi) is 4.42. The van der Waals surface area contributed by atoms with E-state index in [-0.39, 0.29) is 11.7 Å². The van der Waals surface area contributed by atoms with Crippen LogP contribution in [0.2, 0.25) is 5.15 Å². The summed E-state index contributed by atoms with van der Waals surface area (Å²) in [4.78, 5) is 21.3. The molecule has 0 spiro atoms. The van der Waals surface area contributed by atoms with Crippen molar-refractivity contribution in [3.63, 3.8) is 0 Å². The van der Waals surface area contributed by atoms with Gasteiger partial charge in [0.05, 0.1) is 29.1 Å². The average Bonchev–Trinajstić information content (AvgIpc) is 2.89. The fraction of sp³-hybridized carbons (Fsp3) is 0.389. The van der Waals surface area contributed by atoms with Crippen molar-refractivity contribution in [1.29, 1.82) is 0 Å². The topological polar surface area (TPSA) is 74.0 Å². The third kappa shape index (κ3) is 2.97. The first kappa shape index (κ1) is 17.1. The summed E-state index contributed by atoms with van der Waals surface area (Å²) in [6, 6.07) is 3.86. The zero-order valence-corrected chi connectivity index (χ0v) is 15.5. The molecule has 1 N–H and O–H groups in total. The maximum atomic E-state index is 12.8. The van der Waals surface area contributed by atoms with Crippen LogP contribution < -0.4 is 11.0 Å². The van der Waals surface area contributed by atoms with Gasteiger partial charge in [-0.2, -0.15) is 0 Å². The Balaban J connectivity index is 1.77. The standard InChI is InChI=1S/C18H20ClN5O2/c1-11-7-16(19)20-9-13(11)22-17-8-14-15(10-21-17)23(2)18(25)24(14)12-3-5-26-6-4-12/h7-10,12H,3-6H2,1-2H3,(H,21,22). The molecule has 0 unspecified atom stereocenters. The third-order valence-corrected chi connectivity index (χ3v) is 5.08. The van der Waals surface area contributed by atoms with Crippen molar-refractivity contribution >= 4 is 34.1 Å². The Labute approximate surface area is 155 Å². The smallest absolute Gasteiger partial charge is 0.329 e. The van der Waals surface area contributed by atoms with Crippen LogP contribution in [0.4, 0.5) is 11.5 Å². The molecule has 0 aromatic carbocycles. The maximum Gasteiger partial charge on any atom is 0.329 e. The first-order valence-corrected chi connectivity index (χ1v) is 8.96. The molecule has 1 aliphatic rings. The van der Waals surface area contributed by atoms with Crippen LogP contribution in [-0.4, -0.2) is 32.3 Å². The minimum atomic E-state index is -0.0183. The highest BCUT2D eigenvalue weighted by atomic mass is 35.5. The van der Waals surface area contributed by atoms with Crippen molar-refractivity contribution in [3.05, 3.63) is 45.7 Å². The summed E-state index contributed by atoms with van der Waals surface area (Å²) in [5.74, 6) is 0.663. The van der Waals surface area contributed by atoms with Crippen molar-refractivity contribution in [2.45, 2.75) is 25.8 Å². The molecular weight excluding hydrogens is 354 g/mol. The van der Waals surface area contributed by atoms with Gasteiger partial charge in [-0.25, -0.2) is 14.8 Å². The Morgan fingerprint density at radius 1 is 1.19 bits per heavy atom. The summed E-state index contributed by atoms with van der Waals surface area (Å²) in [6.07, 6.45) is 5.09. The van der Waals surface area contributed by atoms with Gasteiger partial charge in [-0.1, -0.05) is 11.6 Å². The van der Waals surface area contributed by atoms with E-state index in [2.05, 4.69) is 15.3 Å². The number of ether oxygens (including phenoxy) is 1. The molecule has 136 valence electrons. The number of hydrogen-bond acceptors (Lipinski definition) is 5. The summed E-state index contributed by atoms with van der Waals surface area (Å²) in [7, 11) is 1.78. The second-order valence-electron chi connectivity index (χ2n) is 6.56. The Hall–Kier alpha value is -2.38. The monoisotopic (exact) mass is 373 g/mol. The first-order chi connectivity index (χ1) is 12.5. The van der Waals surface area contributed by atoms with Gasteiger partial charge in [-0.05, 0) is 31.4 Å². The summed E-state index contributed by atoms with van der Waals surface area (Å²) in [5, 5.41) is 3.72. The fourth-order valence-electron chi connectivity index (χ4n) is 3.41. The lowest BCUT2D eigenvalue weighted by Crippen LogP contribution is -2.29. The number of aromatic nitrogens is 4. The summed E-state index contributed by atoms with van der Waals surface area (Å²) < 4.78 is 8.96. The van der Waals surface area contributed by atoms with Gasteiger partial charge in [-0.3, -0.25) is 9.13 Å². The number of hydrogen-bond donors (Lipinski definition) is 1. The molecule has 26 heavy (non-hydrogen) atoms. The van der Waals surface area contributed by atoms with Crippen LogP contribution in [0.25, 0.3) is 11.0 Å². The van der Waals surface area contributed by atoms with Gasteiger partial charge < -0.3 is 10.1 Å². The third-order valence-electron chi connectivity index (χ3n) is 4.87. The van der Waals surface area contributed by atoms with Gasteiger partial charge in [0.1, 0.15) is 11.0 Å². The van der Waals surface area contributed by atoms with Crippen molar-refractivity contribution in [2.24, 2.45) is 7.05 Å². The molecule has 0 saturated carbocycles. The lowest BCUT2D eigenvalue weighted by molar-refractivity contribution is 0.0696. The molecule has 1 saturated heterocycles. The Morgan fingerprint density at radius 2 is 1.96 bits per heavy atom. The van der Waals surface area contributed by atoms with E-state index >= 15 is 0 Å². The van der Waals surface area contributed by atoms with Gasteiger partial charge >= 0.3 is 5.69 Å². The average molecular weight is 374 g/mol. The van der Waals surface area contributed by atoms with Crippen LogP contribution in [0.1, 0.15) is 24.4 Å². The molecule has 4 rings (SSSR count). The zero-order valence-electron chi connectivity index (χ0n) is 14.7. The number of aryl methyl sites for hydroxylation is 2. The molecule has 0 bridgehead atoms. The second kappa shape index (κ2) is 6.74. The predicted molar refractivity (Wildman–Crippen MR) is 101 cm³/mol. The number of fused-ring (bicyclic) bond motifs is 1. The molecule has 8 heteroatoms. The number of rotatable bonds is 3. The lowest BCUT2D eigenvalue weighted by Gasteiger charge is -2.23. The highest BCUT2D eigenvalue weighted by Crippen LogP contribution is 2.27. The van der Waals surface area contributed by atoms with Gasteiger partial charge in [0, 0.05) is 32.4 Å². The quantitative estimate of drug-likeness (QED) is 0.714. The fourth-order valence-corrected chi connectivity index (χ4v) is 3.62. The minimum absolute atomic E-state index is 0.0183.